The minimum atomic E-state index is -0.533. The van der Waals surface area contributed by atoms with Crippen LogP contribution in [0.25, 0.3) is 0 Å². The number of para-hydroxylation sites is 2. The van der Waals surface area contributed by atoms with Gasteiger partial charge >= 0.3 is 0 Å². The second-order valence-corrected chi connectivity index (χ2v) is 6.57. The van der Waals surface area contributed by atoms with E-state index in [1.807, 2.05) is 32.0 Å². The number of benzene rings is 3. The third kappa shape index (κ3) is 5.19. The predicted octanol–water partition coefficient (Wildman–Crippen LogP) is 4.71. The first-order valence-electron chi connectivity index (χ1n) is 9.09. The fraction of sp³-hybridized carbons (Fsp3) is 0.130. The van der Waals surface area contributed by atoms with Gasteiger partial charge in [0, 0.05) is 5.69 Å². The van der Waals surface area contributed by atoms with E-state index < -0.39 is 11.7 Å². The molecular weight excluding hydrogens is 371 g/mol. The molecule has 2 amide bonds. The number of halogens is 1. The standard InChI is InChI=1S/C23H21FN2O3/c1-15-11-12-17(13-16(15)2)25-23(28)18-7-3-6-10-21(18)29-14-22(27)26-20-9-5-4-8-19(20)24/h3-13H,14H2,1-2H3,(H,25,28)(H,26,27). The van der Waals surface area contributed by atoms with Gasteiger partial charge in [0.25, 0.3) is 11.8 Å². The number of carbonyl (C=O) groups is 2. The van der Waals surface area contributed by atoms with Crippen molar-refractivity contribution in [2.45, 2.75) is 13.8 Å². The summed E-state index contributed by atoms with van der Waals surface area (Å²) in [7, 11) is 0. The first kappa shape index (κ1) is 20.1. The number of rotatable bonds is 6. The minimum Gasteiger partial charge on any atom is -0.483 e. The van der Waals surface area contributed by atoms with Crippen LogP contribution in [0.3, 0.4) is 0 Å². The molecule has 0 aliphatic carbocycles. The molecule has 0 spiro atoms. The van der Waals surface area contributed by atoms with Crippen molar-refractivity contribution >= 4 is 23.2 Å². The predicted molar refractivity (Wildman–Crippen MR) is 111 cm³/mol. The van der Waals surface area contributed by atoms with Crippen LogP contribution >= 0.6 is 0 Å². The topological polar surface area (TPSA) is 67.4 Å². The molecule has 0 aliphatic rings. The third-order valence-electron chi connectivity index (χ3n) is 4.40. The van der Waals surface area contributed by atoms with Gasteiger partial charge in [-0.2, -0.15) is 0 Å². The van der Waals surface area contributed by atoms with Crippen molar-refractivity contribution in [2.75, 3.05) is 17.2 Å². The smallest absolute Gasteiger partial charge is 0.262 e. The van der Waals surface area contributed by atoms with Crippen molar-refractivity contribution in [3.63, 3.8) is 0 Å². The highest BCUT2D eigenvalue weighted by Gasteiger charge is 2.14. The molecule has 0 unspecified atom stereocenters. The van der Waals surface area contributed by atoms with Gasteiger partial charge in [0.2, 0.25) is 0 Å². The molecule has 0 aromatic heterocycles. The molecule has 5 nitrogen and oxygen atoms in total. The van der Waals surface area contributed by atoms with E-state index >= 15 is 0 Å². The Morgan fingerprint density at radius 1 is 0.897 bits per heavy atom. The van der Waals surface area contributed by atoms with E-state index in [1.165, 1.54) is 18.2 Å². The lowest BCUT2D eigenvalue weighted by atomic mass is 10.1. The summed E-state index contributed by atoms with van der Waals surface area (Å²) in [6, 6.07) is 18.1. The monoisotopic (exact) mass is 392 g/mol. The van der Waals surface area contributed by atoms with Crippen LogP contribution in [0, 0.1) is 19.7 Å². The van der Waals surface area contributed by atoms with Crippen LogP contribution in [0.2, 0.25) is 0 Å². The van der Waals surface area contributed by atoms with Crippen molar-refractivity contribution in [3.05, 3.63) is 89.2 Å². The van der Waals surface area contributed by atoms with Crippen LogP contribution in [0.1, 0.15) is 21.5 Å². The lowest BCUT2D eigenvalue weighted by Crippen LogP contribution is -2.22. The van der Waals surface area contributed by atoms with E-state index in [0.717, 1.165) is 11.1 Å². The molecule has 3 rings (SSSR count). The average Bonchev–Trinajstić information content (AvgIpc) is 2.71. The van der Waals surface area contributed by atoms with E-state index in [-0.39, 0.29) is 24.0 Å². The second-order valence-electron chi connectivity index (χ2n) is 6.57. The Morgan fingerprint density at radius 2 is 1.62 bits per heavy atom. The van der Waals surface area contributed by atoms with Crippen LogP contribution in [0.4, 0.5) is 15.8 Å². The summed E-state index contributed by atoms with van der Waals surface area (Å²) in [6.07, 6.45) is 0. The van der Waals surface area contributed by atoms with E-state index in [0.29, 0.717) is 11.3 Å². The summed E-state index contributed by atoms with van der Waals surface area (Å²) < 4.78 is 19.2. The fourth-order valence-corrected chi connectivity index (χ4v) is 2.69. The Balaban J connectivity index is 1.66. The summed E-state index contributed by atoms with van der Waals surface area (Å²) in [4.78, 5) is 24.7. The molecule has 0 saturated carbocycles. The number of aryl methyl sites for hydroxylation is 2. The van der Waals surface area contributed by atoms with Crippen LogP contribution in [-0.2, 0) is 4.79 Å². The normalized spacial score (nSPS) is 10.3. The highest BCUT2D eigenvalue weighted by molar-refractivity contribution is 6.06. The molecule has 0 heterocycles. The van der Waals surface area contributed by atoms with Crippen LogP contribution in [0.15, 0.2) is 66.7 Å². The molecule has 148 valence electrons. The number of hydrogen-bond donors (Lipinski definition) is 2. The Bertz CT molecular complexity index is 1050. The van der Waals surface area contributed by atoms with Crippen molar-refractivity contribution < 1.29 is 18.7 Å². The van der Waals surface area contributed by atoms with Crippen molar-refractivity contribution in [1.29, 1.82) is 0 Å². The molecule has 0 bridgehead atoms. The SMILES string of the molecule is Cc1ccc(NC(=O)c2ccccc2OCC(=O)Nc2ccccc2F)cc1C. The molecular formula is C23H21FN2O3. The largest absolute Gasteiger partial charge is 0.483 e. The molecule has 0 fully saturated rings. The van der Waals surface area contributed by atoms with Crippen LogP contribution in [-0.4, -0.2) is 18.4 Å². The number of ether oxygens (including phenoxy) is 1. The van der Waals surface area contributed by atoms with Gasteiger partial charge in [-0.3, -0.25) is 9.59 Å². The molecule has 6 heteroatoms. The molecule has 0 atom stereocenters. The van der Waals surface area contributed by atoms with E-state index in [2.05, 4.69) is 10.6 Å². The molecule has 3 aromatic carbocycles. The second kappa shape index (κ2) is 9.01. The summed E-state index contributed by atoms with van der Waals surface area (Å²) in [6.45, 7) is 3.61. The van der Waals surface area contributed by atoms with Crippen LogP contribution in [0.5, 0.6) is 5.75 Å². The van der Waals surface area contributed by atoms with Crippen molar-refractivity contribution in [2.24, 2.45) is 0 Å². The van der Waals surface area contributed by atoms with Gasteiger partial charge in [-0.15, -0.1) is 0 Å². The van der Waals surface area contributed by atoms with Gasteiger partial charge in [0.15, 0.2) is 6.61 Å². The minimum absolute atomic E-state index is 0.0712. The van der Waals surface area contributed by atoms with Gasteiger partial charge in [-0.05, 0) is 61.4 Å². The highest BCUT2D eigenvalue weighted by atomic mass is 19.1. The number of nitrogens with one attached hydrogen (secondary N) is 2. The summed E-state index contributed by atoms with van der Waals surface area (Å²) in [5.74, 6) is -1.15. The maximum absolute atomic E-state index is 13.6. The number of anilines is 2. The summed E-state index contributed by atoms with van der Waals surface area (Å²) >= 11 is 0. The number of carbonyl (C=O) groups excluding carboxylic acids is 2. The van der Waals surface area contributed by atoms with E-state index in [9.17, 15) is 14.0 Å². The van der Waals surface area contributed by atoms with Gasteiger partial charge < -0.3 is 15.4 Å². The zero-order valence-electron chi connectivity index (χ0n) is 16.2. The van der Waals surface area contributed by atoms with Gasteiger partial charge in [-0.1, -0.05) is 30.3 Å². The molecule has 0 radical (unpaired) electrons. The van der Waals surface area contributed by atoms with Gasteiger partial charge in [-0.25, -0.2) is 4.39 Å². The first-order valence-corrected chi connectivity index (χ1v) is 9.09. The number of amides is 2. The number of hydrogen-bond acceptors (Lipinski definition) is 3. The zero-order chi connectivity index (χ0) is 20.8. The van der Waals surface area contributed by atoms with E-state index in [1.54, 1.807) is 30.3 Å². The Kier molecular flexibility index (Phi) is 6.24. The zero-order valence-corrected chi connectivity index (χ0v) is 16.2. The van der Waals surface area contributed by atoms with Crippen molar-refractivity contribution in [1.82, 2.24) is 0 Å². The maximum atomic E-state index is 13.6. The molecule has 0 saturated heterocycles. The fourth-order valence-electron chi connectivity index (χ4n) is 2.69. The Hall–Kier alpha value is -3.67. The maximum Gasteiger partial charge on any atom is 0.262 e. The molecule has 29 heavy (non-hydrogen) atoms. The average molecular weight is 392 g/mol. The van der Waals surface area contributed by atoms with Crippen molar-refractivity contribution in [3.8, 4) is 5.75 Å². The molecule has 0 aliphatic heterocycles. The highest BCUT2D eigenvalue weighted by Crippen LogP contribution is 2.21. The van der Waals surface area contributed by atoms with Gasteiger partial charge in [0.1, 0.15) is 11.6 Å². The summed E-state index contributed by atoms with van der Waals surface area (Å²) in [5.41, 5.74) is 3.24. The van der Waals surface area contributed by atoms with Gasteiger partial charge in [0.05, 0.1) is 11.3 Å². The molecule has 2 N–H and O–H groups in total. The lowest BCUT2D eigenvalue weighted by molar-refractivity contribution is -0.118. The van der Waals surface area contributed by atoms with E-state index in [4.69, 9.17) is 4.74 Å². The lowest BCUT2D eigenvalue weighted by Gasteiger charge is -2.13. The Labute approximate surface area is 168 Å². The molecule has 3 aromatic rings. The first-order chi connectivity index (χ1) is 13.9. The third-order valence-corrected chi connectivity index (χ3v) is 4.40. The summed E-state index contributed by atoms with van der Waals surface area (Å²) in [5, 5.41) is 5.27. The quantitative estimate of drug-likeness (QED) is 0.638. The van der Waals surface area contributed by atoms with Crippen LogP contribution < -0.4 is 15.4 Å². The Morgan fingerprint density at radius 3 is 2.38 bits per heavy atom.